The van der Waals surface area contributed by atoms with Crippen molar-refractivity contribution in [2.75, 3.05) is 12.8 Å². The molecule has 0 saturated carbocycles. The third-order valence-corrected chi connectivity index (χ3v) is 3.98. The summed E-state index contributed by atoms with van der Waals surface area (Å²) in [5.74, 6) is -0.508. The number of para-hydroxylation sites is 2. The van der Waals surface area contributed by atoms with Gasteiger partial charge in [0.15, 0.2) is 11.6 Å². The van der Waals surface area contributed by atoms with Crippen LogP contribution in [0.4, 0.5) is 16.0 Å². The highest BCUT2D eigenvalue weighted by Crippen LogP contribution is 2.25. The number of alkyl halides is 1. The first-order chi connectivity index (χ1) is 13.4. The maximum absolute atomic E-state index is 14.5. The Kier molecular flexibility index (Phi) is 6.01. The molecule has 0 aliphatic carbocycles. The maximum atomic E-state index is 14.5. The molecule has 1 unspecified atom stereocenters. The monoisotopic (exact) mass is 402 g/mol. The molecule has 0 aliphatic heterocycles. The summed E-state index contributed by atoms with van der Waals surface area (Å²) in [6.07, 6.45) is 3.43. The highest BCUT2D eigenvalue weighted by molar-refractivity contribution is 6.21. The second-order valence-electron chi connectivity index (χ2n) is 6.12. The highest BCUT2D eigenvalue weighted by atomic mass is 35.5. The van der Waals surface area contributed by atoms with Crippen LogP contribution in [-0.2, 0) is 11.3 Å². The lowest BCUT2D eigenvalue weighted by Crippen LogP contribution is -2.10. The number of methoxy groups -OCH3 is 1. The molecule has 0 amide bonds. The minimum absolute atomic E-state index is 0.159. The van der Waals surface area contributed by atoms with Crippen molar-refractivity contribution in [2.45, 2.75) is 25.8 Å². The van der Waals surface area contributed by atoms with Gasteiger partial charge in [-0.25, -0.2) is 9.98 Å². The number of ether oxygens (including phenoxy) is 1. The Balaban J connectivity index is 2.17. The van der Waals surface area contributed by atoms with Crippen LogP contribution in [-0.4, -0.2) is 37.7 Å². The fourth-order valence-electron chi connectivity index (χ4n) is 2.62. The molecule has 146 valence electrons. The van der Waals surface area contributed by atoms with Crippen LogP contribution in [0, 0.1) is 5.82 Å². The summed E-state index contributed by atoms with van der Waals surface area (Å²) in [4.78, 5) is 17.1. The van der Waals surface area contributed by atoms with E-state index in [4.69, 9.17) is 22.1 Å². The number of hydrogen-bond acceptors (Lipinski definition) is 6. The molecular formula is C19H20ClFN6O. The Morgan fingerprint density at radius 1 is 1.36 bits per heavy atom. The van der Waals surface area contributed by atoms with Crippen LogP contribution in [0.1, 0.15) is 19.7 Å². The Morgan fingerprint density at radius 3 is 2.82 bits per heavy atom. The Hall–Kier alpha value is -2.84. The van der Waals surface area contributed by atoms with Gasteiger partial charge >= 0.3 is 0 Å². The average molecular weight is 403 g/mol. The standard InChI is InChI=1S/C19H20ClFN6O/c1-11(20)8-9-12(2)23-18-16(21)17(22)25-19(26-18)27-14-7-5-4-6-13(14)24-15(27)10-28-3/h4-9,11H,10H2,1-3H3,(H2,22,25,26)/b9-8-,23-12?. The normalized spacial score (nSPS) is 13.5. The van der Waals surface area contributed by atoms with Gasteiger partial charge in [0.05, 0.1) is 11.0 Å². The van der Waals surface area contributed by atoms with Gasteiger partial charge in [-0.05, 0) is 32.1 Å². The molecule has 0 aliphatic rings. The molecule has 1 atom stereocenters. The fourth-order valence-corrected chi connectivity index (χ4v) is 2.69. The van der Waals surface area contributed by atoms with Gasteiger partial charge < -0.3 is 10.5 Å². The zero-order chi connectivity index (χ0) is 20.3. The third-order valence-electron chi connectivity index (χ3n) is 3.84. The molecule has 0 fully saturated rings. The van der Waals surface area contributed by atoms with E-state index >= 15 is 0 Å². The number of allylic oxidation sites excluding steroid dienone is 2. The van der Waals surface area contributed by atoms with E-state index in [9.17, 15) is 4.39 Å². The first-order valence-electron chi connectivity index (χ1n) is 8.57. The number of fused-ring (bicyclic) bond motifs is 1. The van der Waals surface area contributed by atoms with Gasteiger partial charge in [-0.15, -0.1) is 11.6 Å². The molecule has 7 nitrogen and oxygen atoms in total. The predicted octanol–water partition coefficient (Wildman–Crippen LogP) is 3.96. The highest BCUT2D eigenvalue weighted by Gasteiger charge is 2.18. The number of nitrogens with two attached hydrogens (primary N) is 1. The lowest BCUT2D eigenvalue weighted by atomic mass is 10.3. The summed E-state index contributed by atoms with van der Waals surface area (Å²) in [5, 5.41) is -0.171. The number of benzene rings is 1. The van der Waals surface area contributed by atoms with Crippen LogP contribution in [0.15, 0.2) is 41.4 Å². The number of aromatic nitrogens is 4. The SMILES string of the molecule is COCc1nc2ccccc2n1-c1nc(N)c(F)c(N=C(C)/C=C\C(C)Cl)n1. The molecule has 0 spiro atoms. The Bertz CT molecular complexity index is 1060. The van der Waals surface area contributed by atoms with Gasteiger partial charge in [-0.2, -0.15) is 14.4 Å². The van der Waals surface area contributed by atoms with Crippen LogP contribution < -0.4 is 5.73 Å². The minimum atomic E-state index is -0.784. The molecule has 2 heterocycles. The average Bonchev–Trinajstić information content (AvgIpc) is 3.02. The fraction of sp³-hybridized carbons (Fsp3) is 0.263. The summed E-state index contributed by atoms with van der Waals surface area (Å²) in [5.41, 5.74) is 7.81. The number of anilines is 1. The van der Waals surface area contributed by atoms with Crippen molar-refractivity contribution in [3.63, 3.8) is 0 Å². The van der Waals surface area contributed by atoms with E-state index in [2.05, 4.69) is 19.9 Å². The van der Waals surface area contributed by atoms with Crippen LogP contribution in [0.3, 0.4) is 0 Å². The first kappa shape index (κ1) is 19.9. The molecule has 0 saturated heterocycles. The molecule has 1 aromatic carbocycles. The molecule has 3 aromatic rings. The summed E-state index contributed by atoms with van der Waals surface area (Å²) in [6.45, 7) is 3.76. The zero-order valence-electron chi connectivity index (χ0n) is 15.7. The Labute approximate surface area is 166 Å². The van der Waals surface area contributed by atoms with Crippen LogP contribution in [0.25, 0.3) is 17.0 Å². The largest absolute Gasteiger partial charge is 0.381 e. The summed E-state index contributed by atoms with van der Waals surface area (Å²) < 4.78 is 21.4. The van der Waals surface area contributed by atoms with Crippen molar-refractivity contribution in [3.8, 4) is 5.95 Å². The number of aliphatic imine (C=N–C) groups is 1. The first-order valence-corrected chi connectivity index (χ1v) is 9.00. The van der Waals surface area contributed by atoms with Crippen molar-refractivity contribution >= 4 is 40.0 Å². The van der Waals surface area contributed by atoms with Crippen LogP contribution in [0.5, 0.6) is 0 Å². The summed E-state index contributed by atoms with van der Waals surface area (Å²) >= 11 is 5.89. The number of nitrogen functional groups attached to an aromatic ring is 1. The lowest BCUT2D eigenvalue weighted by molar-refractivity contribution is 0.176. The van der Waals surface area contributed by atoms with Crippen molar-refractivity contribution < 1.29 is 9.13 Å². The molecule has 2 aromatic heterocycles. The van der Waals surface area contributed by atoms with Gasteiger partial charge in [0.1, 0.15) is 12.4 Å². The Morgan fingerprint density at radius 2 is 2.11 bits per heavy atom. The molecule has 28 heavy (non-hydrogen) atoms. The van der Waals surface area contributed by atoms with Crippen LogP contribution in [0.2, 0.25) is 0 Å². The number of halogens is 2. The second kappa shape index (κ2) is 8.45. The second-order valence-corrected chi connectivity index (χ2v) is 6.81. The van der Waals surface area contributed by atoms with E-state index in [-0.39, 0.29) is 29.6 Å². The van der Waals surface area contributed by atoms with Crippen molar-refractivity contribution in [1.29, 1.82) is 0 Å². The number of nitrogens with zero attached hydrogens (tertiary/aromatic N) is 5. The number of rotatable bonds is 6. The quantitative estimate of drug-likeness (QED) is 0.497. The van der Waals surface area contributed by atoms with E-state index in [1.54, 1.807) is 30.8 Å². The smallest absolute Gasteiger partial charge is 0.239 e. The van der Waals surface area contributed by atoms with Crippen molar-refractivity contribution in [3.05, 3.63) is 48.1 Å². The summed E-state index contributed by atoms with van der Waals surface area (Å²) in [6, 6.07) is 7.47. The molecule has 2 N–H and O–H groups in total. The minimum Gasteiger partial charge on any atom is -0.381 e. The summed E-state index contributed by atoms with van der Waals surface area (Å²) in [7, 11) is 1.56. The molecular weight excluding hydrogens is 383 g/mol. The third kappa shape index (κ3) is 4.18. The van der Waals surface area contributed by atoms with Crippen molar-refractivity contribution in [1.82, 2.24) is 19.5 Å². The number of hydrogen-bond donors (Lipinski definition) is 1. The van der Waals surface area contributed by atoms with E-state index in [0.717, 1.165) is 11.0 Å². The van der Waals surface area contributed by atoms with Gasteiger partial charge in [-0.1, -0.05) is 18.2 Å². The van der Waals surface area contributed by atoms with E-state index in [1.807, 2.05) is 31.2 Å². The van der Waals surface area contributed by atoms with Gasteiger partial charge in [0.2, 0.25) is 11.8 Å². The van der Waals surface area contributed by atoms with Crippen molar-refractivity contribution in [2.24, 2.45) is 4.99 Å². The number of imidazole rings is 1. The van der Waals surface area contributed by atoms with E-state index in [1.165, 1.54) is 0 Å². The molecule has 0 radical (unpaired) electrons. The maximum Gasteiger partial charge on any atom is 0.239 e. The molecule has 3 rings (SSSR count). The topological polar surface area (TPSA) is 91.2 Å². The van der Waals surface area contributed by atoms with Gasteiger partial charge in [0.25, 0.3) is 0 Å². The predicted molar refractivity (Wildman–Crippen MR) is 109 cm³/mol. The molecule has 0 bridgehead atoms. The van der Waals surface area contributed by atoms with E-state index < -0.39 is 5.82 Å². The molecule has 9 heteroatoms. The lowest BCUT2D eigenvalue weighted by Gasteiger charge is -2.09. The zero-order valence-corrected chi connectivity index (χ0v) is 16.5. The van der Waals surface area contributed by atoms with E-state index in [0.29, 0.717) is 11.5 Å². The van der Waals surface area contributed by atoms with Gasteiger partial charge in [0, 0.05) is 18.2 Å². The van der Waals surface area contributed by atoms with Gasteiger partial charge in [-0.3, -0.25) is 4.57 Å². The van der Waals surface area contributed by atoms with Crippen LogP contribution >= 0.6 is 11.6 Å².